The fourth-order valence-corrected chi connectivity index (χ4v) is 14.5. The van der Waals surface area contributed by atoms with E-state index in [9.17, 15) is 0 Å². The van der Waals surface area contributed by atoms with Gasteiger partial charge in [0.1, 0.15) is 23.0 Å². The molecule has 0 aromatic heterocycles. The largest absolute Gasteiger partial charge is 0.457 e. The quantitative estimate of drug-likeness (QED) is 0.171. The van der Waals surface area contributed by atoms with Gasteiger partial charge in [0.25, 0.3) is 0 Å². The number of para-hydroxylation sites is 5. The number of anilines is 3. The molecule has 2 spiro atoms. The Balaban J connectivity index is 1.00. The van der Waals surface area contributed by atoms with E-state index in [1.54, 1.807) is 0 Å². The third-order valence-corrected chi connectivity index (χ3v) is 17.6. The molecule has 3 nitrogen and oxygen atoms in total. The van der Waals surface area contributed by atoms with E-state index >= 15 is 0 Å². The highest BCUT2D eigenvalue weighted by Gasteiger charge is 2.54. The summed E-state index contributed by atoms with van der Waals surface area (Å²) < 4.78 is 13.8. The number of hydrogen-bond donors (Lipinski definition) is 0. The van der Waals surface area contributed by atoms with Gasteiger partial charge in [-0.05, 0) is 126 Å². The van der Waals surface area contributed by atoms with Crippen LogP contribution in [-0.2, 0) is 10.8 Å². The molecule has 0 unspecified atom stereocenters. The van der Waals surface area contributed by atoms with Crippen molar-refractivity contribution in [2.24, 2.45) is 0 Å². The fourth-order valence-electron chi connectivity index (χ4n) is 14.5. The zero-order valence-corrected chi connectivity index (χ0v) is 42.9. The summed E-state index contributed by atoms with van der Waals surface area (Å²) >= 11 is 0. The summed E-state index contributed by atoms with van der Waals surface area (Å²) in [6.45, 7) is 0. The van der Waals surface area contributed by atoms with Crippen LogP contribution in [0.4, 0.5) is 17.1 Å². The van der Waals surface area contributed by atoms with Gasteiger partial charge in [-0.25, -0.2) is 0 Å². The molecule has 0 N–H and O–H groups in total. The minimum absolute atomic E-state index is 0.673. The molecule has 0 radical (unpaired) electrons. The molecule has 0 bridgehead atoms. The number of hydrogen-bond acceptors (Lipinski definition) is 3. The maximum Gasteiger partial charge on any atom is 0.132 e. The molecule has 0 saturated carbocycles. The summed E-state index contributed by atoms with van der Waals surface area (Å²) in [6.07, 6.45) is 0. The van der Waals surface area contributed by atoms with Gasteiger partial charge in [0.05, 0.1) is 22.2 Å². The molecule has 2 aliphatic carbocycles. The Morgan fingerprint density at radius 1 is 0.253 bits per heavy atom. The molecule has 2 heterocycles. The summed E-state index contributed by atoms with van der Waals surface area (Å²) in [5.74, 6) is 3.47. The molecule has 368 valence electrons. The minimum Gasteiger partial charge on any atom is -0.457 e. The fraction of sp³-hybridized carbons (Fsp3) is 0.0263. The molecule has 0 atom stereocenters. The Morgan fingerprint density at radius 3 is 1.38 bits per heavy atom. The molecule has 79 heavy (non-hydrogen) atoms. The molecular weight excluding hydrogens is 959 g/mol. The van der Waals surface area contributed by atoms with Crippen LogP contribution < -0.4 is 14.4 Å². The molecule has 13 aromatic rings. The summed E-state index contributed by atoms with van der Waals surface area (Å²) in [7, 11) is 0. The molecule has 13 aromatic carbocycles. The van der Waals surface area contributed by atoms with Crippen LogP contribution in [0, 0.1) is 0 Å². The topological polar surface area (TPSA) is 21.7 Å². The van der Waals surface area contributed by atoms with Gasteiger partial charge in [0, 0.05) is 38.9 Å². The molecule has 3 heteroatoms. The van der Waals surface area contributed by atoms with Gasteiger partial charge in [-0.15, -0.1) is 0 Å². The van der Waals surface area contributed by atoms with Gasteiger partial charge in [-0.1, -0.05) is 237 Å². The predicted octanol–water partition coefficient (Wildman–Crippen LogP) is 19.7. The van der Waals surface area contributed by atoms with Crippen LogP contribution in [0.1, 0.15) is 44.5 Å². The van der Waals surface area contributed by atoms with Crippen LogP contribution in [0.15, 0.2) is 285 Å². The van der Waals surface area contributed by atoms with Gasteiger partial charge in [0.2, 0.25) is 0 Å². The Morgan fingerprint density at radius 2 is 0.722 bits per heavy atom. The summed E-state index contributed by atoms with van der Waals surface area (Å²) in [5, 5.41) is 4.79. The van der Waals surface area contributed by atoms with E-state index in [1.807, 2.05) is 0 Å². The van der Waals surface area contributed by atoms with Crippen molar-refractivity contribution in [1.29, 1.82) is 0 Å². The third kappa shape index (κ3) is 5.96. The first-order valence-corrected chi connectivity index (χ1v) is 27.3. The Hall–Kier alpha value is -10.2. The third-order valence-electron chi connectivity index (χ3n) is 17.6. The second-order valence-electron chi connectivity index (χ2n) is 21.3. The van der Waals surface area contributed by atoms with E-state index in [1.165, 1.54) is 71.8 Å². The lowest BCUT2D eigenvalue weighted by atomic mass is 9.65. The van der Waals surface area contributed by atoms with E-state index < -0.39 is 10.8 Å². The highest BCUT2D eigenvalue weighted by atomic mass is 16.5. The van der Waals surface area contributed by atoms with Crippen LogP contribution >= 0.6 is 0 Å². The molecule has 4 aliphatic rings. The van der Waals surface area contributed by atoms with Gasteiger partial charge in [-0.2, -0.15) is 0 Å². The summed E-state index contributed by atoms with van der Waals surface area (Å²) in [4.78, 5) is 2.57. The van der Waals surface area contributed by atoms with Crippen molar-refractivity contribution in [3.63, 3.8) is 0 Å². The van der Waals surface area contributed by atoms with Crippen molar-refractivity contribution in [2.45, 2.75) is 10.8 Å². The number of fused-ring (bicyclic) bond motifs is 22. The zero-order valence-electron chi connectivity index (χ0n) is 42.9. The van der Waals surface area contributed by atoms with Gasteiger partial charge < -0.3 is 14.4 Å². The predicted molar refractivity (Wildman–Crippen MR) is 322 cm³/mol. The first kappa shape index (κ1) is 44.0. The number of benzene rings is 13. The highest BCUT2D eigenvalue weighted by molar-refractivity contribution is 6.16. The lowest BCUT2D eigenvalue weighted by Gasteiger charge is -2.40. The van der Waals surface area contributed by atoms with Crippen molar-refractivity contribution in [1.82, 2.24) is 0 Å². The van der Waals surface area contributed by atoms with Crippen molar-refractivity contribution < 1.29 is 9.47 Å². The average molecular weight is 1010 g/mol. The Kier molecular flexibility index (Phi) is 9.26. The first-order chi connectivity index (χ1) is 39.2. The van der Waals surface area contributed by atoms with E-state index in [2.05, 4.69) is 290 Å². The summed E-state index contributed by atoms with van der Waals surface area (Å²) in [6, 6.07) is 105. The Bertz CT molecular complexity index is 4600. The molecule has 17 rings (SSSR count). The first-order valence-electron chi connectivity index (χ1n) is 27.3. The van der Waals surface area contributed by atoms with E-state index in [4.69, 9.17) is 9.47 Å². The van der Waals surface area contributed by atoms with Crippen LogP contribution in [0.2, 0.25) is 0 Å². The van der Waals surface area contributed by atoms with Crippen molar-refractivity contribution in [3.05, 3.63) is 330 Å². The maximum atomic E-state index is 6.94. The molecular formula is C76H47NO2. The van der Waals surface area contributed by atoms with Gasteiger partial charge >= 0.3 is 0 Å². The smallest absolute Gasteiger partial charge is 0.132 e. The second-order valence-corrected chi connectivity index (χ2v) is 21.3. The second kappa shape index (κ2) is 16.6. The molecule has 0 amide bonds. The van der Waals surface area contributed by atoms with E-state index in [0.29, 0.717) is 0 Å². The standard InChI is InChI=1S/C76H47NO2/c1-2-20-48(21-3-1)49-38-40-51(41-39-49)53-23-9-15-33-67(53)77(52-43-44-56-55-25-8-10-28-59(55)75(65(56)46-52)60-29-11-16-34-69(60)78-70-35-17-12-30-61(70)75)68-47-66-74(58-27-7-6-26-57(58)68)73-54-24-5-4-22-50(54)42-45-64(73)76(66)62-31-13-18-36-71(62)79-72-37-19-14-32-63(72)76/h1-47H. The SMILES string of the molecule is c1ccc(-c2ccc(-c3ccccc3N(c3ccc4c(c3)C3(c5ccccc5Oc5ccccc53)c3ccccc3-4)c3cc4c(c5ccccc35)-c3c(ccc5ccccc35)C43c4ccccc4Oc4ccccc43)cc2)cc1. The average Bonchev–Trinajstić information content (AvgIpc) is 2.62. The minimum atomic E-state index is -0.740. The molecule has 2 aliphatic heterocycles. The van der Waals surface area contributed by atoms with Crippen LogP contribution in [0.25, 0.3) is 66.1 Å². The number of nitrogens with zero attached hydrogens (tertiary/aromatic N) is 1. The van der Waals surface area contributed by atoms with Crippen molar-refractivity contribution >= 4 is 38.6 Å². The summed E-state index contributed by atoms with van der Waals surface area (Å²) in [5.41, 5.74) is 20.9. The van der Waals surface area contributed by atoms with Crippen LogP contribution in [0.5, 0.6) is 23.0 Å². The molecule has 0 fully saturated rings. The van der Waals surface area contributed by atoms with Gasteiger partial charge in [-0.3, -0.25) is 0 Å². The zero-order chi connectivity index (χ0) is 51.8. The number of rotatable bonds is 5. The lowest BCUT2D eigenvalue weighted by molar-refractivity contribution is 0.436. The molecule has 0 saturated heterocycles. The van der Waals surface area contributed by atoms with Crippen LogP contribution in [-0.4, -0.2) is 0 Å². The lowest BCUT2D eigenvalue weighted by Crippen LogP contribution is -2.32. The monoisotopic (exact) mass is 1010 g/mol. The van der Waals surface area contributed by atoms with Crippen LogP contribution in [0.3, 0.4) is 0 Å². The van der Waals surface area contributed by atoms with Crippen molar-refractivity contribution in [3.8, 4) is 67.5 Å². The van der Waals surface area contributed by atoms with Crippen molar-refractivity contribution in [2.75, 3.05) is 4.90 Å². The Labute approximate surface area is 458 Å². The maximum absolute atomic E-state index is 6.94. The number of ether oxygens (including phenoxy) is 2. The highest BCUT2D eigenvalue weighted by Crippen LogP contribution is 2.67. The normalized spacial score (nSPS) is 14.0. The van der Waals surface area contributed by atoms with E-state index in [0.717, 1.165) is 78.8 Å². The van der Waals surface area contributed by atoms with Gasteiger partial charge in [0.15, 0.2) is 0 Å². The van der Waals surface area contributed by atoms with E-state index in [-0.39, 0.29) is 0 Å².